The summed E-state index contributed by atoms with van der Waals surface area (Å²) >= 11 is 11.7. The molecule has 0 heterocycles. The molecule has 0 saturated heterocycles. The molecule has 0 aliphatic heterocycles. The van der Waals surface area contributed by atoms with Crippen LogP contribution in [0.15, 0.2) is 42.5 Å². The zero-order chi connectivity index (χ0) is 15.2. The van der Waals surface area contributed by atoms with Gasteiger partial charge in [-0.2, -0.15) is 0 Å². The topological polar surface area (TPSA) is 41.1 Å². The van der Waals surface area contributed by atoms with Gasteiger partial charge in [0, 0.05) is 23.7 Å². The molecule has 0 radical (unpaired) electrons. The molecule has 0 aliphatic rings. The van der Waals surface area contributed by atoms with Crippen LogP contribution in [0.2, 0.25) is 10.0 Å². The maximum atomic E-state index is 13.0. The number of amides is 1. The normalized spacial score (nSPS) is 10.2. The van der Waals surface area contributed by atoms with Gasteiger partial charge < -0.3 is 10.6 Å². The highest BCUT2D eigenvalue weighted by Crippen LogP contribution is 2.25. The number of carbonyl (C=O) groups is 1. The van der Waals surface area contributed by atoms with E-state index in [0.717, 1.165) is 0 Å². The molecule has 2 N–H and O–H groups in total. The molecule has 0 saturated carbocycles. The monoisotopic (exact) mass is 326 g/mol. The van der Waals surface area contributed by atoms with Gasteiger partial charge in [0.1, 0.15) is 5.82 Å². The highest BCUT2D eigenvalue weighted by molar-refractivity contribution is 6.36. The van der Waals surface area contributed by atoms with E-state index in [-0.39, 0.29) is 18.1 Å². The van der Waals surface area contributed by atoms with E-state index < -0.39 is 0 Å². The molecule has 3 nitrogen and oxygen atoms in total. The molecule has 6 heteroatoms. The Kier molecular flexibility index (Phi) is 5.42. The van der Waals surface area contributed by atoms with Gasteiger partial charge in [-0.1, -0.05) is 29.3 Å². The van der Waals surface area contributed by atoms with Gasteiger partial charge in [0.25, 0.3) is 0 Å². The SMILES string of the molecule is O=C(CCNc1cccc(F)c1)Nc1ccc(Cl)cc1Cl. The second-order valence-corrected chi connectivity index (χ2v) is 5.20. The predicted octanol–water partition coefficient (Wildman–Crippen LogP) is 4.57. The molecule has 110 valence electrons. The standard InChI is InChI=1S/C15H13Cl2FN2O/c16-10-4-5-14(13(17)8-10)20-15(21)6-7-19-12-3-1-2-11(18)9-12/h1-5,8-9,19H,6-7H2,(H,20,21). The van der Waals surface area contributed by atoms with Gasteiger partial charge in [-0.3, -0.25) is 4.79 Å². The van der Waals surface area contributed by atoms with Crippen LogP contribution in [0.25, 0.3) is 0 Å². The quantitative estimate of drug-likeness (QED) is 0.844. The molecule has 2 aromatic carbocycles. The number of rotatable bonds is 5. The summed E-state index contributed by atoms with van der Waals surface area (Å²) in [5, 5.41) is 6.55. The van der Waals surface area contributed by atoms with E-state index in [0.29, 0.717) is 28.0 Å². The summed E-state index contributed by atoms with van der Waals surface area (Å²) in [5.74, 6) is -0.513. The van der Waals surface area contributed by atoms with E-state index in [1.54, 1.807) is 30.3 Å². The summed E-state index contributed by atoms with van der Waals surface area (Å²) < 4.78 is 13.0. The fourth-order valence-corrected chi connectivity index (χ4v) is 2.18. The van der Waals surface area contributed by atoms with Crippen molar-refractivity contribution in [2.75, 3.05) is 17.2 Å². The van der Waals surface area contributed by atoms with E-state index in [1.165, 1.54) is 12.1 Å². The average molecular weight is 327 g/mol. The minimum Gasteiger partial charge on any atom is -0.384 e. The Bertz CT molecular complexity index is 649. The minimum atomic E-state index is -0.322. The Morgan fingerprint density at radius 2 is 1.95 bits per heavy atom. The first-order chi connectivity index (χ1) is 10.0. The Labute approximate surface area is 132 Å². The summed E-state index contributed by atoms with van der Waals surface area (Å²) in [5.41, 5.74) is 1.14. The molecule has 0 unspecified atom stereocenters. The first-order valence-corrected chi connectivity index (χ1v) is 7.04. The first kappa shape index (κ1) is 15.6. The zero-order valence-electron chi connectivity index (χ0n) is 11.0. The zero-order valence-corrected chi connectivity index (χ0v) is 12.5. The molecule has 0 spiro atoms. The number of nitrogens with one attached hydrogen (secondary N) is 2. The van der Waals surface area contributed by atoms with Gasteiger partial charge in [-0.05, 0) is 36.4 Å². The minimum absolute atomic E-state index is 0.192. The van der Waals surface area contributed by atoms with Gasteiger partial charge in [-0.15, -0.1) is 0 Å². The Hall–Kier alpha value is -1.78. The largest absolute Gasteiger partial charge is 0.384 e. The number of anilines is 2. The van der Waals surface area contributed by atoms with E-state index in [2.05, 4.69) is 10.6 Å². The van der Waals surface area contributed by atoms with Crippen molar-refractivity contribution in [3.63, 3.8) is 0 Å². The van der Waals surface area contributed by atoms with Crippen LogP contribution in [0.5, 0.6) is 0 Å². The highest BCUT2D eigenvalue weighted by atomic mass is 35.5. The van der Waals surface area contributed by atoms with Crippen molar-refractivity contribution in [1.29, 1.82) is 0 Å². The van der Waals surface area contributed by atoms with Gasteiger partial charge in [0.05, 0.1) is 10.7 Å². The van der Waals surface area contributed by atoms with Crippen LogP contribution in [0.3, 0.4) is 0 Å². The van der Waals surface area contributed by atoms with Gasteiger partial charge in [0.15, 0.2) is 0 Å². The van der Waals surface area contributed by atoms with E-state index in [4.69, 9.17) is 23.2 Å². The number of benzene rings is 2. The molecule has 0 aromatic heterocycles. The smallest absolute Gasteiger partial charge is 0.226 e. The predicted molar refractivity (Wildman–Crippen MR) is 84.6 cm³/mol. The molecular weight excluding hydrogens is 314 g/mol. The molecule has 1 amide bonds. The van der Waals surface area contributed by atoms with Crippen LogP contribution in [0.4, 0.5) is 15.8 Å². The Morgan fingerprint density at radius 1 is 1.14 bits per heavy atom. The van der Waals surface area contributed by atoms with Crippen LogP contribution in [-0.2, 0) is 4.79 Å². The lowest BCUT2D eigenvalue weighted by molar-refractivity contribution is -0.115. The number of halogens is 3. The third-order valence-electron chi connectivity index (χ3n) is 2.71. The van der Waals surface area contributed by atoms with Crippen molar-refractivity contribution >= 4 is 40.5 Å². The fraction of sp³-hybridized carbons (Fsp3) is 0.133. The third kappa shape index (κ3) is 4.92. The number of hydrogen-bond acceptors (Lipinski definition) is 2. The lowest BCUT2D eigenvalue weighted by Crippen LogP contribution is -2.16. The lowest BCUT2D eigenvalue weighted by atomic mass is 10.3. The van der Waals surface area contributed by atoms with Crippen LogP contribution in [-0.4, -0.2) is 12.5 Å². The molecule has 0 bridgehead atoms. The van der Waals surface area contributed by atoms with Crippen LogP contribution >= 0.6 is 23.2 Å². The fourth-order valence-electron chi connectivity index (χ4n) is 1.72. The number of carbonyl (C=O) groups excluding carboxylic acids is 1. The first-order valence-electron chi connectivity index (χ1n) is 6.29. The second-order valence-electron chi connectivity index (χ2n) is 4.36. The van der Waals surface area contributed by atoms with E-state index >= 15 is 0 Å². The van der Waals surface area contributed by atoms with Gasteiger partial charge >= 0.3 is 0 Å². The molecule has 0 aliphatic carbocycles. The molecule has 0 atom stereocenters. The van der Waals surface area contributed by atoms with E-state index in [9.17, 15) is 9.18 Å². The second kappa shape index (κ2) is 7.29. The maximum absolute atomic E-state index is 13.0. The van der Waals surface area contributed by atoms with Gasteiger partial charge in [-0.25, -0.2) is 4.39 Å². The average Bonchev–Trinajstić information content (AvgIpc) is 2.42. The van der Waals surface area contributed by atoms with Crippen LogP contribution in [0.1, 0.15) is 6.42 Å². The van der Waals surface area contributed by atoms with Crippen molar-refractivity contribution < 1.29 is 9.18 Å². The van der Waals surface area contributed by atoms with Crippen LogP contribution < -0.4 is 10.6 Å². The summed E-state index contributed by atoms with van der Waals surface area (Å²) in [6.45, 7) is 0.389. The summed E-state index contributed by atoms with van der Waals surface area (Å²) in [6, 6.07) is 10.9. The Balaban J connectivity index is 1.82. The molecule has 0 fully saturated rings. The van der Waals surface area contributed by atoms with Crippen LogP contribution in [0, 0.1) is 5.82 Å². The van der Waals surface area contributed by atoms with Crippen molar-refractivity contribution in [2.24, 2.45) is 0 Å². The summed E-state index contributed by atoms with van der Waals surface area (Å²) in [4.78, 5) is 11.8. The van der Waals surface area contributed by atoms with E-state index in [1.807, 2.05) is 0 Å². The summed E-state index contributed by atoms with van der Waals surface area (Å²) in [6.07, 6.45) is 0.232. The van der Waals surface area contributed by atoms with Crippen molar-refractivity contribution in [3.8, 4) is 0 Å². The number of hydrogen-bond donors (Lipinski definition) is 2. The molecule has 2 rings (SSSR count). The molecule has 2 aromatic rings. The Morgan fingerprint density at radius 3 is 2.67 bits per heavy atom. The molecule has 21 heavy (non-hydrogen) atoms. The molecular formula is C15H13Cl2FN2O. The van der Waals surface area contributed by atoms with Crippen molar-refractivity contribution in [1.82, 2.24) is 0 Å². The van der Waals surface area contributed by atoms with Crippen molar-refractivity contribution in [2.45, 2.75) is 6.42 Å². The lowest BCUT2D eigenvalue weighted by Gasteiger charge is -2.09. The maximum Gasteiger partial charge on any atom is 0.226 e. The van der Waals surface area contributed by atoms with Gasteiger partial charge in [0.2, 0.25) is 5.91 Å². The summed E-state index contributed by atoms with van der Waals surface area (Å²) in [7, 11) is 0. The van der Waals surface area contributed by atoms with Crippen molar-refractivity contribution in [3.05, 3.63) is 58.3 Å². The highest BCUT2D eigenvalue weighted by Gasteiger charge is 2.06. The third-order valence-corrected chi connectivity index (χ3v) is 3.26.